The van der Waals surface area contributed by atoms with Crippen LogP contribution in [0.5, 0.6) is 0 Å². The average molecular weight is 379 g/mol. The predicted octanol–water partition coefficient (Wildman–Crippen LogP) is 2.61. The summed E-state index contributed by atoms with van der Waals surface area (Å²) >= 11 is 0. The number of aryl methyl sites for hydroxylation is 4. The van der Waals surface area contributed by atoms with Crippen LogP contribution >= 0.6 is 0 Å². The van der Waals surface area contributed by atoms with Crippen LogP contribution in [-0.4, -0.2) is 23.1 Å². The second-order valence-electron chi connectivity index (χ2n) is 7.39. The van der Waals surface area contributed by atoms with Gasteiger partial charge in [0.1, 0.15) is 0 Å². The van der Waals surface area contributed by atoms with Crippen molar-refractivity contribution in [3.63, 3.8) is 0 Å². The zero-order chi connectivity index (χ0) is 20.0. The average Bonchev–Trinajstić information content (AvgIpc) is 3.18. The molecule has 7 heteroatoms. The van der Waals surface area contributed by atoms with Crippen LogP contribution in [0.4, 0.5) is 0 Å². The smallest absolute Gasteiger partial charge is 0.314 e. The SMILES string of the molecule is CCCCn1c(C)cn2c3c(=O)n(Cc4ccccc4C)c(=O)n(C)c3nc12. The Kier molecular flexibility index (Phi) is 4.45. The van der Waals surface area contributed by atoms with Crippen LogP contribution in [0.2, 0.25) is 0 Å². The van der Waals surface area contributed by atoms with Crippen LogP contribution in [0.25, 0.3) is 16.9 Å². The van der Waals surface area contributed by atoms with Crippen LogP contribution in [-0.2, 0) is 20.1 Å². The molecule has 0 N–H and O–H groups in total. The molecule has 3 aromatic heterocycles. The van der Waals surface area contributed by atoms with Gasteiger partial charge >= 0.3 is 5.69 Å². The van der Waals surface area contributed by atoms with Crippen molar-refractivity contribution in [2.45, 2.75) is 46.7 Å². The number of rotatable bonds is 5. The highest BCUT2D eigenvalue weighted by molar-refractivity contribution is 5.75. The molecule has 7 nitrogen and oxygen atoms in total. The highest BCUT2D eigenvalue weighted by atomic mass is 16.2. The molecule has 0 bridgehead atoms. The molecule has 0 aliphatic heterocycles. The minimum atomic E-state index is -0.349. The largest absolute Gasteiger partial charge is 0.332 e. The Hall–Kier alpha value is -3.09. The van der Waals surface area contributed by atoms with Crippen LogP contribution in [0.1, 0.15) is 36.6 Å². The standard InChI is InChI=1S/C21H25N5O2/c1-5-6-11-24-15(3)12-25-17-18(22-20(24)25)23(4)21(28)26(19(17)27)13-16-10-8-7-9-14(16)2/h7-10,12H,5-6,11,13H2,1-4H3. The third-order valence-corrected chi connectivity index (χ3v) is 5.47. The highest BCUT2D eigenvalue weighted by Gasteiger charge is 2.20. The minimum Gasteiger partial charge on any atom is -0.314 e. The third kappa shape index (κ3) is 2.69. The monoisotopic (exact) mass is 379 g/mol. The summed E-state index contributed by atoms with van der Waals surface area (Å²) < 4.78 is 6.72. The molecular formula is C21H25N5O2. The van der Waals surface area contributed by atoms with Crippen LogP contribution < -0.4 is 11.2 Å². The van der Waals surface area contributed by atoms with Crippen molar-refractivity contribution in [3.8, 4) is 0 Å². The summed E-state index contributed by atoms with van der Waals surface area (Å²) in [5.41, 5.74) is 3.28. The van der Waals surface area contributed by atoms with Gasteiger partial charge in [0.15, 0.2) is 11.2 Å². The zero-order valence-electron chi connectivity index (χ0n) is 16.8. The van der Waals surface area contributed by atoms with Gasteiger partial charge in [0.05, 0.1) is 6.54 Å². The summed E-state index contributed by atoms with van der Waals surface area (Å²) in [6, 6.07) is 7.80. The maximum Gasteiger partial charge on any atom is 0.332 e. The topological polar surface area (TPSA) is 66.2 Å². The Bertz CT molecular complexity index is 1300. The molecule has 0 aliphatic carbocycles. The Morgan fingerprint density at radius 1 is 1.07 bits per heavy atom. The summed E-state index contributed by atoms with van der Waals surface area (Å²) in [6.07, 6.45) is 4.04. The van der Waals surface area contributed by atoms with Crippen LogP contribution in [0, 0.1) is 13.8 Å². The van der Waals surface area contributed by atoms with Gasteiger partial charge < -0.3 is 4.57 Å². The molecule has 3 heterocycles. The fraction of sp³-hybridized carbons (Fsp3) is 0.381. The van der Waals surface area contributed by atoms with Gasteiger partial charge in [-0.3, -0.25) is 18.3 Å². The maximum atomic E-state index is 13.3. The normalized spacial score (nSPS) is 11.7. The van der Waals surface area contributed by atoms with Crippen LogP contribution in [0.3, 0.4) is 0 Å². The van der Waals surface area contributed by atoms with Gasteiger partial charge in [0, 0.05) is 25.5 Å². The molecule has 146 valence electrons. The van der Waals surface area contributed by atoms with Crippen molar-refractivity contribution in [2.75, 3.05) is 0 Å². The van der Waals surface area contributed by atoms with E-state index in [0.717, 1.165) is 36.2 Å². The van der Waals surface area contributed by atoms with E-state index in [1.807, 2.05) is 48.7 Å². The molecule has 0 atom stereocenters. The van der Waals surface area contributed by atoms with Crippen molar-refractivity contribution in [1.29, 1.82) is 0 Å². The fourth-order valence-electron chi connectivity index (χ4n) is 3.74. The fourth-order valence-corrected chi connectivity index (χ4v) is 3.74. The minimum absolute atomic E-state index is 0.247. The second kappa shape index (κ2) is 6.82. The molecule has 0 amide bonds. The van der Waals surface area contributed by atoms with Crippen molar-refractivity contribution in [2.24, 2.45) is 7.05 Å². The molecule has 28 heavy (non-hydrogen) atoms. The molecule has 0 spiro atoms. The summed E-state index contributed by atoms with van der Waals surface area (Å²) in [5, 5.41) is 0. The number of fused-ring (bicyclic) bond motifs is 3. The second-order valence-corrected chi connectivity index (χ2v) is 7.39. The first-order valence-electron chi connectivity index (χ1n) is 9.66. The van der Waals surface area contributed by atoms with E-state index in [2.05, 4.69) is 16.5 Å². The first-order chi connectivity index (χ1) is 13.4. The van der Waals surface area contributed by atoms with Gasteiger partial charge in [0.2, 0.25) is 5.78 Å². The molecule has 0 saturated carbocycles. The molecular weight excluding hydrogens is 354 g/mol. The van der Waals surface area contributed by atoms with Crippen molar-refractivity contribution in [3.05, 3.63) is 68.1 Å². The predicted molar refractivity (Wildman–Crippen MR) is 110 cm³/mol. The number of nitrogens with zero attached hydrogens (tertiary/aromatic N) is 5. The van der Waals surface area contributed by atoms with Gasteiger partial charge in [-0.05, 0) is 31.4 Å². The first-order valence-corrected chi connectivity index (χ1v) is 9.66. The van der Waals surface area contributed by atoms with Crippen molar-refractivity contribution < 1.29 is 0 Å². The first kappa shape index (κ1) is 18.3. The number of unbranched alkanes of at least 4 members (excludes halogenated alkanes) is 1. The van der Waals surface area contributed by atoms with E-state index in [1.165, 1.54) is 9.13 Å². The molecule has 0 fully saturated rings. The third-order valence-electron chi connectivity index (χ3n) is 5.47. The summed E-state index contributed by atoms with van der Waals surface area (Å²) in [6.45, 7) is 7.23. The Labute approximate surface area is 162 Å². The summed E-state index contributed by atoms with van der Waals surface area (Å²) in [4.78, 5) is 30.9. The molecule has 0 aliphatic rings. The quantitative estimate of drug-likeness (QED) is 0.535. The lowest BCUT2D eigenvalue weighted by Gasteiger charge is -2.10. The number of hydrogen-bond acceptors (Lipinski definition) is 3. The van der Waals surface area contributed by atoms with Crippen molar-refractivity contribution >= 4 is 16.9 Å². The highest BCUT2D eigenvalue weighted by Crippen LogP contribution is 2.17. The van der Waals surface area contributed by atoms with E-state index < -0.39 is 0 Å². The Morgan fingerprint density at radius 3 is 2.54 bits per heavy atom. The van der Waals surface area contributed by atoms with Gasteiger partial charge in [-0.2, -0.15) is 4.98 Å². The van der Waals surface area contributed by atoms with E-state index in [-0.39, 0.29) is 17.8 Å². The van der Waals surface area contributed by atoms with E-state index >= 15 is 0 Å². The van der Waals surface area contributed by atoms with Gasteiger partial charge in [-0.15, -0.1) is 0 Å². The molecule has 0 saturated heterocycles. The summed E-state index contributed by atoms with van der Waals surface area (Å²) in [7, 11) is 1.67. The molecule has 0 unspecified atom stereocenters. The van der Waals surface area contributed by atoms with Gasteiger partial charge in [-0.1, -0.05) is 37.6 Å². The molecule has 1 aromatic carbocycles. The maximum absolute atomic E-state index is 13.3. The van der Waals surface area contributed by atoms with Crippen molar-refractivity contribution in [1.82, 2.24) is 23.1 Å². The molecule has 0 radical (unpaired) electrons. The number of hydrogen-bond donors (Lipinski definition) is 0. The summed E-state index contributed by atoms with van der Waals surface area (Å²) in [5.74, 6) is 0.710. The Morgan fingerprint density at radius 2 is 1.82 bits per heavy atom. The van der Waals surface area contributed by atoms with Gasteiger partial charge in [0.25, 0.3) is 5.56 Å². The lowest BCUT2D eigenvalue weighted by Crippen LogP contribution is -2.39. The molecule has 4 aromatic rings. The van der Waals surface area contributed by atoms with Gasteiger partial charge in [-0.25, -0.2) is 4.79 Å². The van der Waals surface area contributed by atoms with E-state index in [0.29, 0.717) is 16.9 Å². The zero-order valence-corrected chi connectivity index (χ0v) is 16.8. The molecule has 4 rings (SSSR count). The van der Waals surface area contributed by atoms with E-state index in [4.69, 9.17) is 0 Å². The van der Waals surface area contributed by atoms with Crippen LogP contribution in [0.15, 0.2) is 40.1 Å². The lowest BCUT2D eigenvalue weighted by molar-refractivity contribution is 0.631. The number of benzene rings is 1. The number of imidazole rings is 2. The van der Waals surface area contributed by atoms with E-state index in [1.54, 1.807) is 7.05 Å². The number of aromatic nitrogens is 5. The van der Waals surface area contributed by atoms with E-state index in [9.17, 15) is 9.59 Å². The Balaban J connectivity index is 1.98. The lowest BCUT2D eigenvalue weighted by atomic mass is 10.1.